The first-order valence-corrected chi connectivity index (χ1v) is 8.07. The second kappa shape index (κ2) is 7.31. The summed E-state index contributed by atoms with van der Waals surface area (Å²) in [5.74, 6) is 1.08. The molecule has 2 aromatic rings. The molecule has 130 valence electrons. The molecule has 1 aliphatic rings. The third-order valence-electron chi connectivity index (χ3n) is 4.35. The number of halogens is 1. The predicted molar refractivity (Wildman–Crippen MR) is 94.9 cm³/mol. The number of nitrogens with zero attached hydrogens (tertiary/aromatic N) is 2. The molecule has 1 heterocycles. The number of hydrogen-bond donors (Lipinski definition) is 1. The Kier molecular flexibility index (Phi) is 4.94. The van der Waals surface area contributed by atoms with Crippen molar-refractivity contribution in [3.8, 4) is 17.6 Å². The maximum atomic E-state index is 14.0. The van der Waals surface area contributed by atoms with Gasteiger partial charge in [-0.25, -0.2) is 4.39 Å². The minimum atomic E-state index is -0.402. The van der Waals surface area contributed by atoms with Crippen molar-refractivity contribution < 1.29 is 13.9 Å². The molecule has 0 aromatic heterocycles. The van der Waals surface area contributed by atoms with Crippen LogP contribution in [0, 0.1) is 17.1 Å². The lowest BCUT2D eigenvalue weighted by Crippen LogP contribution is -2.26. The molecule has 0 amide bonds. The number of anilines is 2. The van der Waals surface area contributed by atoms with Crippen LogP contribution >= 0.6 is 0 Å². The van der Waals surface area contributed by atoms with Gasteiger partial charge in [0.25, 0.3) is 0 Å². The van der Waals surface area contributed by atoms with Crippen molar-refractivity contribution in [2.24, 2.45) is 0 Å². The third kappa shape index (κ3) is 3.77. The first kappa shape index (κ1) is 16.9. The van der Waals surface area contributed by atoms with Crippen LogP contribution in [0.1, 0.15) is 12.0 Å². The van der Waals surface area contributed by atoms with Gasteiger partial charge in [0.1, 0.15) is 17.3 Å². The summed E-state index contributed by atoms with van der Waals surface area (Å²) in [5, 5.41) is 12.0. The lowest BCUT2D eigenvalue weighted by molar-refractivity contribution is 0.394. The Morgan fingerprint density at radius 2 is 1.88 bits per heavy atom. The van der Waals surface area contributed by atoms with Crippen molar-refractivity contribution in [3.63, 3.8) is 0 Å². The van der Waals surface area contributed by atoms with E-state index in [0.29, 0.717) is 11.3 Å². The molecule has 1 unspecified atom stereocenters. The molecular weight excluding hydrogens is 321 g/mol. The molecule has 0 spiro atoms. The van der Waals surface area contributed by atoms with Gasteiger partial charge >= 0.3 is 0 Å². The van der Waals surface area contributed by atoms with E-state index in [1.54, 1.807) is 26.4 Å². The summed E-state index contributed by atoms with van der Waals surface area (Å²) in [5.41, 5.74) is 1.76. The lowest BCUT2D eigenvalue weighted by atomic mass is 10.2. The Bertz CT molecular complexity index is 781. The summed E-state index contributed by atoms with van der Waals surface area (Å²) in [6.45, 7) is 1.60. The molecule has 0 bridgehead atoms. The maximum absolute atomic E-state index is 14.0. The first-order valence-electron chi connectivity index (χ1n) is 8.07. The van der Waals surface area contributed by atoms with Crippen LogP contribution < -0.4 is 19.7 Å². The van der Waals surface area contributed by atoms with Crippen LogP contribution in [-0.2, 0) is 0 Å². The average Bonchev–Trinajstić information content (AvgIpc) is 3.11. The summed E-state index contributed by atoms with van der Waals surface area (Å²) < 4.78 is 24.7. The SMILES string of the molecule is COc1cc(OC)cc(N2CCC(Nc3ccc(C#N)cc3F)C2)c1. The average molecular weight is 341 g/mol. The number of nitrogens with one attached hydrogen (secondary N) is 1. The standard InChI is InChI=1S/C19H20FN3O2/c1-24-16-8-15(9-17(10-16)25-2)23-6-5-14(12-23)22-19-4-3-13(11-21)7-18(19)20/h3-4,7-10,14,22H,5-6,12H2,1-2H3. The Balaban J connectivity index is 1.71. The zero-order valence-corrected chi connectivity index (χ0v) is 14.3. The fourth-order valence-electron chi connectivity index (χ4n) is 3.01. The Labute approximate surface area is 146 Å². The highest BCUT2D eigenvalue weighted by molar-refractivity contribution is 5.57. The van der Waals surface area contributed by atoms with Gasteiger partial charge in [-0.15, -0.1) is 0 Å². The van der Waals surface area contributed by atoms with Gasteiger partial charge in [-0.3, -0.25) is 0 Å². The van der Waals surface area contributed by atoms with E-state index in [4.69, 9.17) is 14.7 Å². The highest BCUT2D eigenvalue weighted by atomic mass is 19.1. The maximum Gasteiger partial charge on any atom is 0.147 e. The van der Waals surface area contributed by atoms with Crippen molar-refractivity contribution in [2.45, 2.75) is 12.5 Å². The van der Waals surface area contributed by atoms with E-state index in [9.17, 15) is 4.39 Å². The summed E-state index contributed by atoms with van der Waals surface area (Å²) in [4.78, 5) is 2.21. The zero-order valence-electron chi connectivity index (χ0n) is 14.3. The van der Waals surface area contributed by atoms with E-state index in [-0.39, 0.29) is 6.04 Å². The van der Waals surface area contributed by atoms with E-state index in [1.165, 1.54) is 6.07 Å². The smallest absolute Gasteiger partial charge is 0.147 e. The molecule has 2 aromatic carbocycles. The Hall–Kier alpha value is -2.94. The Morgan fingerprint density at radius 1 is 1.16 bits per heavy atom. The van der Waals surface area contributed by atoms with Gasteiger partial charge in [0.15, 0.2) is 0 Å². The van der Waals surface area contributed by atoms with E-state index in [0.717, 1.165) is 36.7 Å². The Morgan fingerprint density at radius 3 is 2.48 bits per heavy atom. The summed E-state index contributed by atoms with van der Waals surface area (Å²) >= 11 is 0. The highest BCUT2D eigenvalue weighted by Gasteiger charge is 2.24. The molecular formula is C19H20FN3O2. The molecule has 3 rings (SSSR count). The number of rotatable bonds is 5. The molecule has 1 fully saturated rings. The fourth-order valence-corrected chi connectivity index (χ4v) is 3.01. The molecule has 1 N–H and O–H groups in total. The van der Waals surface area contributed by atoms with Crippen LogP contribution in [0.4, 0.5) is 15.8 Å². The monoisotopic (exact) mass is 341 g/mol. The molecule has 6 heteroatoms. The topological polar surface area (TPSA) is 57.5 Å². The molecule has 0 saturated carbocycles. The molecule has 1 aliphatic heterocycles. The van der Waals surface area contributed by atoms with Crippen LogP contribution in [-0.4, -0.2) is 33.4 Å². The van der Waals surface area contributed by atoms with Crippen LogP contribution in [0.25, 0.3) is 0 Å². The van der Waals surface area contributed by atoms with Crippen molar-refractivity contribution in [2.75, 3.05) is 37.5 Å². The fraction of sp³-hybridized carbons (Fsp3) is 0.316. The van der Waals surface area contributed by atoms with Crippen molar-refractivity contribution in [1.29, 1.82) is 5.26 Å². The lowest BCUT2D eigenvalue weighted by Gasteiger charge is -2.21. The van der Waals surface area contributed by atoms with Crippen LogP contribution in [0.2, 0.25) is 0 Å². The van der Waals surface area contributed by atoms with Gasteiger partial charge in [-0.1, -0.05) is 0 Å². The van der Waals surface area contributed by atoms with Gasteiger partial charge in [-0.05, 0) is 24.6 Å². The van der Waals surface area contributed by atoms with Gasteiger partial charge in [-0.2, -0.15) is 5.26 Å². The van der Waals surface area contributed by atoms with E-state index in [2.05, 4.69) is 10.2 Å². The van der Waals surface area contributed by atoms with Gasteiger partial charge in [0.05, 0.1) is 31.5 Å². The van der Waals surface area contributed by atoms with E-state index >= 15 is 0 Å². The van der Waals surface area contributed by atoms with Crippen molar-refractivity contribution in [1.82, 2.24) is 0 Å². The van der Waals surface area contributed by atoms with E-state index in [1.807, 2.05) is 24.3 Å². The number of ether oxygens (including phenoxy) is 2. The molecule has 5 nitrogen and oxygen atoms in total. The summed E-state index contributed by atoms with van der Waals surface area (Å²) in [7, 11) is 3.25. The van der Waals surface area contributed by atoms with E-state index < -0.39 is 5.82 Å². The van der Waals surface area contributed by atoms with Gasteiger partial charge < -0.3 is 19.7 Å². The minimum absolute atomic E-state index is 0.125. The molecule has 1 saturated heterocycles. The predicted octanol–water partition coefficient (Wildman–Crippen LogP) is 3.41. The quantitative estimate of drug-likeness (QED) is 0.903. The second-order valence-electron chi connectivity index (χ2n) is 5.95. The summed E-state index contributed by atoms with van der Waals surface area (Å²) in [6.07, 6.45) is 0.888. The largest absolute Gasteiger partial charge is 0.497 e. The zero-order chi connectivity index (χ0) is 17.8. The van der Waals surface area contributed by atoms with Crippen LogP contribution in [0.3, 0.4) is 0 Å². The first-order chi connectivity index (χ1) is 12.1. The molecule has 0 radical (unpaired) electrons. The van der Waals surface area contributed by atoms with Crippen molar-refractivity contribution in [3.05, 3.63) is 47.8 Å². The highest BCUT2D eigenvalue weighted by Crippen LogP contribution is 2.31. The normalized spacial score (nSPS) is 16.4. The number of benzene rings is 2. The van der Waals surface area contributed by atoms with Gasteiger partial charge in [0.2, 0.25) is 0 Å². The van der Waals surface area contributed by atoms with Crippen LogP contribution in [0.5, 0.6) is 11.5 Å². The molecule has 25 heavy (non-hydrogen) atoms. The molecule has 0 aliphatic carbocycles. The third-order valence-corrected chi connectivity index (χ3v) is 4.35. The number of methoxy groups -OCH3 is 2. The van der Waals surface area contributed by atoms with Crippen molar-refractivity contribution >= 4 is 11.4 Å². The second-order valence-corrected chi connectivity index (χ2v) is 5.95. The van der Waals surface area contributed by atoms with Crippen LogP contribution in [0.15, 0.2) is 36.4 Å². The minimum Gasteiger partial charge on any atom is -0.497 e. The number of nitriles is 1. The summed E-state index contributed by atoms with van der Waals surface area (Å²) in [6, 6.07) is 12.3. The van der Waals surface area contributed by atoms with Gasteiger partial charge in [0, 0.05) is 43.0 Å². The molecule has 1 atom stereocenters. The number of hydrogen-bond acceptors (Lipinski definition) is 5.